The van der Waals surface area contributed by atoms with Crippen LogP contribution >= 0.6 is 0 Å². The maximum absolute atomic E-state index is 12.8. The summed E-state index contributed by atoms with van der Waals surface area (Å²) in [6, 6.07) is 6.59. The molecule has 140 valence electrons. The van der Waals surface area contributed by atoms with Crippen molar-refractivity contribution in [2.45, 2.75) is 25.3 Å². The SMILES string of the molecule is Cc1nn(Cc2cccc(S(=O)(=O)N3CCOCC3)c2)c(C)c1[N+](=O)[O-]. The summed E-state index contributed by atoms with van der Waals surface area (Å²) in [5, 5.41) is 15.3. The van der Waals surface area contributed by atoms with Crippen molar-refractivity contribution in [1.82, 2.24) is 14.1 Å². The number of nitrogens with zero attached hydrogens (tertiary/aromatic N) is 4. The fourth-order valence-corrected chi connectivity index (χ4v) is 4.50. The van der Waals surface area contributed by atoms with E-state index in [1.54, 1.807) is 38.1 Å². The Kier molecular flexibility index (Phi) is 5.08. The number of benzene rings is 1. The molecule has 1 saturated heterocycles. The van der Waals surface area contributed by atoms with Crippen LogP contribution in [0.2, 0.25) is 0 Å². The lowest BCUT2D eigenvalue weighted by Gasteiger charge is -2.26. The second kappa shape index (κ2) is 7.14. The summed E-state index contributed by atoms with van der Waals surface area (Å²) in [6.45, 7) is 4.90. The van der Waals surface area contributed by atoms with Crippen LogP contribution < -0.4 is 0 Å². The summed E-state index contributed by atoms with van der Waals surface area (Å²) < 4.78 is 33.7. The highest BCUT2D eigenvalue weighted by atomic mass is 32.2. The van der Waals surface area contributed by atoms with E-state index in [-0.39, 0.29) is 17.1 Å². The molecule has 26 heavy (non-hydrogen) atoms. The Hall–Kier alpha value is -2.30. The molecule has 0 amide bonds. The minimum Gasteiger partial charge on any atom is -0.379 e. The fourth-order valence-electron chi connectivity index (χ4n) is 3.02. The largest absolute Gasteiger partial charge is 0.379 e. The van der Waals surface area contributed by atoms with Gasteiger partial charge in [0.15, 0.2) is 0 Å². The predicted octanol–water partition coefficient (Wildman–Crippen LogP) is 1.48. The normalized spacial score (nSPS) is 15.9. The average Bonchev–Trinajstić information content (AvgIpc) is 2.89. The number of morpholine rings is 1. The van der Waals surface area contributed by atoms with E-state index in [0.717, 1.165) is 0 Å². The minimum absolute atomic E-state index is 0.0120. The van der Waals surface area contributed by atoms with Gasteiger partial charge >= 0.3 is 5.69 Å². The van der Waals surface area contributed by atoms with Crippen molar-refractivity contribution in [3.8, 4) is 0 Å². The summed E-state index contributed by atoms with van der Waals surface area (Å²) in [6.07, 6.45) is 0. The number of sulfonamides is 1. The zero-order valence-electron chi connectivity index (χ0n) is 14.6. The van der Waals surface area contributed by atoms with E-state index in [1.165, 1.54) is 8.99 Å². The van der Waals surface area contributed by atoms with E-state index in [9.17, 15) is 18.5 Å². The van der Waals surface area contributed by atoms with E-state index in [1.807, 2.05) is 0 Å². The monoisotopic (exact) mass is 380 g/mol. The van der Waals surface area contributed by atoms with Crippen LogP contribution in [0.4, 0.5) is 5.69 Å². The third-order valence-corrected chi connectivity index (χ3v) is 6.26. The molecule has 0 N–H and O–H groups in total. The number of aryl methyl sites for hydroxylation is 1. The Balaban J connectivity index is 1.89. The molecule has 0 saturated carbocycles. The van der Waals surface area contributed by atoms with Crippen LogP contribution in [0.25, 0.3) is 0 Å². The lowest BCUT2D eigenvalue weighted by atomic mass is 10.2. The Labute approximate surface area is 151 Å². The average molecular weight is 380 g/mol. The molecule has 2 heterocycles. The van der Waals surface area contributed by atoms with Crippen LogP contribution in [0.15, 0.2) is 29.2 Å². The lowest BCUT2D eigenvalue weighted by Crippen LogP contribution is -2.40. The first kappa shape index (κ1) is 18.5. The smallest absolute Gasteiger partial charge is 0.312 e. The minimum atomic E-state index is -3.59. The quantitative estimate of drug-likeness (QED) is 0.574. The first-order valence-corrected chi connectivity index (χ1v) is 9.60. The van der Waals surface area contributed by atoms with Crippen molar-refractivity contribution in [1.29, 1.82) is 0 Å². The van der Waals surface area contributed by atoms with Crippen molar-refractivity contribution in [3.05, 3.63) is 51.3 Å². The van der Waals surface area contributed by atoms with Gasteiger partial charge in [-0.15, -0.1) is 0 Å². The van der Waals surface area contributed by atoms with Crippen molar-refractivity contribution < 1.29 is 18.1 Å². The number of rotatable bonds is 5. The molecule has 2 aromatic rings. The molecule has 0 atom stereocenters. The van der Waals surface area contributed by atoms with Crippen molar-refractivity contribution in [2.24, 2.45) is 0 Å². The van der Waals surface area contributed by atoms with Gasteiger partial charge in [0.25, 0.3) is 0 Å². The Morgan fingerprint density at radius 1 is 1.27 bits per heavy atom. The van der Waals surface area contributed by atoms with Crippen molar-refractivity contribution in [2.75, 3.05) is 26.3 Å². The molecule has 0 bridgehead atoms. The maximum Gasteiger partial charge on any atom is 0.312 e. The first-order valence-electron chi connectivity index (χ1n) is 8.16. The number of nitro groups is 1. The molecule has 1 fully saturated rings. The van der Waals surface area contributed by atoms with Gasteiger partial charge in [-0.05, 0) is 31.5 Å². The maximum atomic E-state index is 12.8. The van der Waals surface area contributed by atoms with Gasteiger partial charge in [-0.1, -0.05) is 12.1 Å². The third-order valence-electron chi connectivity index (χ3n) is 4.36. The summed E-state index contributed by atoms with van der Waals surface area (Å²) in [7, 11) is -3.59. The van der Waals surface area contributed by atoms with Gasteiger partial charge in [-0.3, -0.25) is 14.8 Å². The first-order chi connectivity index (χ1) is 12.3. The van der Waals surface area contributed by atoms with Gasteiger partial charge in [0.1, 0.15) is 11.4 Å². The van der Waals surface area contributed by atoms with Crippen LogP contribution in [0.3, 0.4) is 0 Å². The van der Waals surface area contributed by atoms with Gasteiger partial charge in [-0.2, -0.15) is 9.40 Å². The van der Waals surface area contributed by atoms with E-state index < -0.39 is 14.9 Å². The van der Waals surface area contributed by atoms with Crippen molar-refractivity contribution in [3.63, 3.8) is 0 Å². The molecule has 1 aliphatic heterocycles. The molecular weight excluding hydrogens is 360 g/mol. The van der Waals surface area contributed by atoms with Crippen molar-refractivity contribution >= 4 is 15.7 Å². The van der Waals surface area contributed by atoms with Gasteiger partial charge in [0.05, 0.1) is 29.6 Å². The molecule has 10 heteroatoms. The molecule has 9 nitrogen and oxygen atoms in total. The summed E-state index contributed by atoms with van der Waals surface area (Å²) >= 11 is 0. The molecule has 0 spiro atoms. The van der Waals surface area contributed by atoms with Gasteiger partial charge in [0.2, 0.25) is 10.0 Å². The molecule has 1 aromatic carbocycles. The van der Waals surface area contributed by atoms with E-state index in [4.69, 9.17) is 4.74 Å². The van der Waals surface area contributed by atoms with E-state index in [2.05, 4.69) is 5.10 Å². The Morgan fingerprint density at radius 2 is 1.96 bits per heavy atom. The van der Waals surface area contributed by atoms with Crippen LogP contribution in [-0.4, -0.2) is 53.7 Å². The van der Waals surface area contributed by atoms with E-state index >= 15 is 0 Å². The molecule has 1 aromatic heterocycles. The van der Waals surface area contributed by atoms with E-state index in [0.29, 0.717) is 43.3 Å². The fraction of sp³-hybridized carbons (Fsp3) is 0.438. The zero-order chi connectivity index (χ0) is 18.9. The van der Waals surface area contributed by atoms with Crippen LogP contribution in [-0.2, 0) is 21.3 Å². The van der Waals surface area contributed by atoms with Gasteiger partial charge in [-0.25, -0.2) is 8.42 Å². The Bertz CT molecular complexity index is 932. The molecule has 0 unspecified atom stereocenters. The second-order valence-electron chi connectivity index (χ2n) is 6.10. The summed E-state index contributed by atoms with van der Waals surface area (Å²) in [4.78, 5) is 10.9. The zero-order valence-corrected chi connectivity index (χ0v) is 15.4. The highest BCUT2D eigenvalue weighted by Crippen LogP contribution is 2.24. The summed E-state index contributed by atoms with van der Waals surface area (Å²) in [5.41, 5.74) is 1.47. The summed E-state index contributed by atoms with van der Waals surface area (Å²) in [5.74, 6) is 0. The topological polar surface area (TPSA) is 108 Å². The number of ether oxygens (including phenoxy) is 1. The van der Waals surface area contributed by atoms with Gasteiger partial charge in [0, 0.05) is 13.1 Å². The molecular formula is C16H20N4O5S. The molecule has 0 radical (unpaired) electrons. The standard InChI is InChI=1S/C16H20N4O5S/c1-12-16(20(21)22)13(2)19(17-12)11-14-4-3-5-15(10-14)26(23,24)18-6-8-25-9-7-18/h3-5,10H,6-9,11H2,1-2H3. The highest BCUT2D eigenvalue weighted by Gasteiger charge is 2.27. The Morgan fingerprint density at radius 3 is 2.58 bits per heavy atom. The second-order valence-corrected chi connectivity index (χ2v) is 8.04. The number of aromatic nitrogens is 2. The van der Waals surface area contributed by atoms with Crippen LogP contribution in [0.1, 0.15) is 17.0 Å². The number of hydrogen-bond donors (Lipinski definition) is 0. The molecule has 3 rings (SSSR count). The van der Waals surface area contributed by atoms with Gasteiger partial charge < -0.3 is 4.74 Å². The number of hydrogen-bond acceptors (Lipinski definition) is 6. The molecule has 0 aliphatic carbocycles. The predicted molar refractivity (Wildman–Crippen MR) is 93.5 cm³/mol. The lowest BCUT2D eigenvalue weighted by molar-refractivity contribution is -0.386. The molecule has 1 aliphatic rings. The van der Waals surface area contributed by atoms with Crippen LogP contribution in [0, 0.1) is 24.0 Å². The third kappa shape index (κ3) is 3.48. The van der Waals surface area contributed by atoms with Crippen LogP contribution in [0.5, 0.6) is 0 Å². The highest BCUT2D eigenvalue weighted by molar-refractivity contribution is 7.89.